The molecule has 0 unspecified atom stereocenters. The van der Waals surface area contributed by atoms with E-state index in [-0.39, 0.29) is 12.1 Å². The summed E-state index contributed by atoms with van der Waals surface area (Å²) in [5.41, 5.74) is 0. The number of likely N-dealkylation sites (tertiary alicyclic amines) is 1. The Morgan fingerprint density at radius 3 is 3.05 bits per heavy atom. The lowest BCUT2D eigenvalue weighted by atomic mass is 10.0. The van der Waals surface area contributed by atoms with E-state index in [9.17, 15) is 4.79 Å². The highest BCUT2D eigenvalue weighted by Gasteiger charge is 2.23. The topological polar surface area (TPSA) is 57.3 Å². The third kappa shape index (κ3) is 4.43. The molecule has 106 valence electrons. The lowest BCUT2D eigenvalue weighted by Crippen LogP contribution is -2.50. The summed E-state index contributed by atoms with van der Waals surface area (Å²) in [5, 5.41) is 6.40. The van der Waals surface area contributed by atoms with Gasteiger partial charge in [0.05, 0.1) is 9.98 Å². The van der Waals surface area contributed by atoms with Crippen LogP contribution in [0.15, 0.2) is 9.98 Å². The Balaban J connectivity index is 1.81. The molecule has 1 aliphatic rings. The van der Waals surface area contributed by atoms with Gasteiger partial charge in [0.15, 0.2) is 5.13 Å². The molecule has 1 aromatic rings. The van der Waals surface area contributed by atoms with Gasteiger partial charge >= 0.3 is 6.03 Å². The number of anilines is 1. The molecule has 1 aliphatic heterocycles. The van der Waals surface area contributed by atoms with Crippen LogP contribution in [0.4, 0.5) is 9.93 Å². The first-order valence-corrected chi connectivity index (χ1v) is 8.08. The Labute approximate surface area is 125 Å². The molecule has 1 fully saturated rings. The van der Waals surface area contributed by atoms with Gasteiger partial charge in [-0.2, -0.15) is 0 Å². The number of halogens is 1. The van der Waals surface area contributed by atoms with Gasteiger partial charge in [0.1, 0.15) is 0 Å². The predicted molar refractivity (Wildman–Crippen MR) is 81.7 cm³/mol. The highest BCUT2D eigenvalue weighted by molar-refractivity contribution is 9.11. The zero-order valence-corrected chi connectivity index (χ0v) is 13.6. The van der Waals surface area contributed by atoms with Gasteiger partial charge in [-0.05, 0) is 49.2 Å². The van der Waals surface area contributed by atoms with Gasteiger partial charge in [0.2, 0.25) is 0 Å². The summed E-state index contributed by atoms with van der Waals surface area (Å²) in [6.45, 7) is 6.43. The van der Waals surface area contributed by atoms with Crippen LogP contribution in [0.1, 0.15) is 26.7 Å². The van der Waals surface area contributed by atoms with Crippen molar-refractivity contribution in [2.75, 3.05) is 18.4 Å². The predicted octanol–water partition coefficient (Wildman–Crippen LogP) is 2.90. The average molecular weight is 347 g/mol. The molecule has 0 bridgehead atoms. The number of carbonyl (C=O) groups excluding carboxylic acids is 1. The molecule has 2 heterocycles. The second-order valence-corrected chi connectivity index (χ2v) is 7.41. The number of thiazole rings is 1. The van der Waals surface area contributed by atoms with Crippen LogP contribution in [-0.4, -0.2) is 41.1 Å². The van der Waals surface area contributed by atoms with E-state index in [2.05, 4.69) is 50.3 Å². The molecule has 19 heavy (non-hydrogen) atoms. The van der Waals surface area contributed by atoms with Crippen molar-refractivity contribution >= 4 is 38.4 Å². The van der Waals surface area contributed by atoms with E-state index in [1.807, 2.05) is 0 Å². The smallest absolute Gasteiger partial charge is 0.321 e. The van der Waals surface area contributed by atoms with Crippen LogP contribution < -0.4 is 10.6 Å². The molecule has 0 saturated carbocycles. The first kappa shape index (κ1) is 14.7. The number of urea groups is 1. The van der Waals surface area contributed by atoms with Crippen LogP contribution in [0.2, 0.25) is 0 Å². The summed E-state index contributed by atoms with van der Waals surface area (Å²) in [6.07, 6.45) is 3.85. The Hall–Kier alpha value is -0.660. The average Bonchev–Trinajstić information content (AvgIpc) is 2.74. The SMILES string of the molecule is CC(C)N1CCC[C@@H](NC(=O)Nc2ncc(Br)s2)C1. The maximum Gasteiger partial charge on any atom is 0.321 e. The second-order valence-electron chi connectivity index (χ2n) is 5.00. The van der Waals surface area contributed by atoms with Gasteiger partial charge in [-0.25, -0.2) is 9.78 Å². The van der Waals surface area contributed by atoms with E-state index in [0.717, 1.165) is 29.7 Å². The molecule has 7 heteroatoms. The van der Waals surface area contributed by atoms with Crippen LogP contribution in [0.5, 0.6) is 0 Å². The van der Waals surface area contributed by atoms with Crippen LogP contribution in [0.3, 0.4) is 0 Å². The minimum atomic E-state index is -0.169. The van der Waals surface area contributed by atoms with Crippen molar-refractivity contribution in [1.82, 2.24) is 15.2 Å². The van der Waals surface area contributed by atoms with E-state index >= 15 is 0 Å². The van der Waals surface area contributed by atoms with E-state index in [0.29, 0.717) is 11.2 Å². The van der Waals surface area contributed by atoms with Crippen LogP contribution >= 0.6 is 27.3 Å². The highest BCUT2D eigenvalue weighted by Crippen LogP contribution is 2.23. The van der Waals surface area contributed by atoms with Gasteiger partial charge in [-0.1, -0.05) is 11.3 Å². The molecular weight excluding hydrogens is 328 g/mol. The molecule has 1 aromatic heterocycles. The number of hydrogen-bond acceptors (Lipinski definition) is 4. The number of nitrogens with one attached hydrogen (secondary N) is 2. The van der Waals surface area contributed by atoms with E-state index in [1.165, 1.54) is 11.3 Å². The fraction of sp³-hybridized carbons (Fsp3) is 0.667. The largest absolute Gasteiger partial charge is 0.334 e. The molecule has 0 aliphatic carbocycles. The highest BCUT2D eigenvalue weighted by atomic mass is 79.9. The molecule has 0 aromatic carbocycles. The number of aromatic nitrogens is 1. The summed E-state index contributed by atoms with van der Waals surface area (Å²) < 4.78 is 0.909. The Bertz CT molecular complexity index is 437. The van der Waals surface area contributed by atoms with Gasteiger partial charge in [0.25, 0.3) is 0 Å². The zero-order valence-electron chi connectivity index (χ0n) is 11.1. The molecule has 2 rings (SSSR count). The van der Waals surface area contributed by atoms with Crippen molar-refractivity contribution in [3.05, 3.63) is 9.98 Å². The third-order valence-corrected chi connectivity index (χ3v) is 4.61. The van der Waals surface area contributed by atoms with Crippen LogP contribution in [0.25, 0.3) is 0 Å². The van der Waals surface area contributed by atoms with Crippen molar-refractivity contribution in [2.45, 2.75) is 38.8 Å². The van der Waals surface area contributed by atoms with E-state index in [1.54, 1.807) is 6.20 Å². The van der Waals surface area contributed by atoms with Gasteiger partial charge in [-0.3, -0.25) is 10.2 Å². The van der Waals surface area contributed by atoms with Crippen molar-refractivity contribution < 1.29 is 4.79 Å². The quantitative estimate of drug-likeness (QED) is 0.884. The molecule has 1 atom stereocenters. The molecular formula is C12H19BrN4OS. The van der Waals surface area contributed by atoms with Crippen molar-refractivity contribution in [2.24, 2.45) is 0 Å². The molecule has 0 spiro atoms. The number of piperidine rings is 1. The van der Waals surface area contributed by atoms with E-state index < -0.39 is 0 Å². The number of amides is 2. The zero-order chi connectivity index (χ0) is 13.8. The van der Waals surface area contributed by atoms with Gasteiger partial charge in [-0.15, -0.1) is 0 Å². The van der Waals surface area contributed by atoms with Crippen molar-refractivity contribution in [1.29, 1.82) is 0 Å². The summed E-state index contributed by atoms with van der Waals surface area (Å²) in [6, 6.07) is 0.583. The number of hydrogen-bond donors (Lipinski definition) is 2. The fourth-order valence-corrected chi connectivity index (χ4v) is 3.33. The molecule has 2 N–H and O–H groups in total. The lowest BCUT2D eigenvalue weighted by Gasteiger charge is -2.35. The summed E-state index contributed by atoms with van der Waals surface area (Å²) >= 11 is 4.73. The Morgan fingerprint density at radius 1 is 1.63 bits per heavy atom. The van der Waals surface area contributed by atoms with Gasteiger partial charge < -0.3 is 5.32 Å². The third-order valence-electron chi connectivity index (χ3n) is 3.22. The number of rotatable bonds is 3. The van der Waals surface area contributed by atoms with Crippen LogP contribution in [0, 0.1) is 0 Å². The first-order chi connectivity index (χ1) is 9.04. The Morgan fingerprint density at radius 2 is 2.42 bits per heavy atom. The summed E-state index contributed by atoms with van der Waals surface area (Å²) in [4.78, 5) is 18.4. The molecule has 1 saturated heterocycles. The fourth-order valence-electron chi connectivity index (χ4n) is 2.22. The second kappa shape index (κ2) is 6.67. The number of carbonyl (C=O) groups is 1. The monoisotopic (exact) mass is 346 g/mol. The Kier molecular flexibility index (Phi) is 5.18. The standard InChI is InChI=1S/C12H19BrN4OS/c1-8(2)17-5-3-4-9(7-17)15-11(18)16-12-14-6-10(13)19-12/h6,8-9H,3-5,7H2,1-2H3,(H2,14,15,16,18)/t9-/m1/s1. The molecule has 0 radical (unpaired) electrons. The summed E-state index contributed by atoms with van der Waals surface area (Å²) in [5.74, 6) is 0. The van der Waals surface area contributed by atoms with Crippen molar-refractivity contribution in [3.8, 4) is 0 Å². The van der Waals surface area contributed by atoms with E-state index in [4.69, 9.17) is 0 Å². The summed E-state index contributed by atoms with van der Waals surface area (Å²) in [7, 11) is 0. The molecule has 5 nitrogen and oxygen atoms in total. The van der Waals surface area contributed by atoms with Gasteiger partial charge in [0, 0.05) is 18.6 Å². The van der Waals surface area contributed by atoms with Crippen LogP contribution in [-0.2, 0) is 0 Å². The first-order valence-electron chi connectivity index (χ1n) is 6.47. The normalized spacial score (nSPS) is 20.5. The number of nitrogens with zero attached hydrogens (tertiary/aromatic N) is 2. The minimum absolute atomic E-state index is 0.169. The molecule has 2 amide bonds. The maximum absolute atomic E-state index is 11.9. The van der Waals surface area contributed by atoms with Crippen molar-refractivity contribution in [3.63, 3.8) is 0 Å². The lowest BCUT2D eigenvalue weighted by molar-refractivity contribution is 0.156. The maximum atomic E-state index is 11.9. The minimum Gasteiger partial charge on any atom is -0.334 e.